The number of unbranched alkanes of at least 4 members (excludes halogenated alkanes) is 3. The van der Waals surface area contributed by atoms with Crippen molar-refractivity contribution >= 4 is 5.78 Å². The highest BCUT2D eigenvalue weighted by molar-refractivity contribution is 5.97. The highest BCUT2D eigenvalue weighted by Gasteiger charge is 2.09. The first kappa shape index (κ1) is 14.8. The van der Waals surface area contributed by atoms with Crippen LogP contribution >= 0.6 is 0 Å². The van der Waals surface area contributed by atoms with E-state index in [0.29, 0.717) is 6.61 Å². The maximum Gasteiger partial charge on any atom is 0.188 e. The van der Waals surface area contributed by atoms with E-state index in [4.69, 9.17) is 4.74 Å². The first-order valence-corrected chi connectivity index (χ1v) is 6.21. The van der Waals surface area contributed by atoms with E-state index >= 15 is 0 Å². The third-order valence-electron chi connectivity index (χ3n) is 2.62. The molecule has 1 aromatic carbocycles. The van der Waals surface area contributed by atoms with Crippen molar-refractivity contribution in [3.8, 4) is 0 Å². The summed E-state index contributed by atoms with van der Waals surface area (Å²) in [5.41, 5.74) is 0.141. The number of carbonyl (C=O) groups excluding carboxylic acids is 1. The Balaban J connectivity index is 2.30. The van der Waals surface area contributed by atoms with Crippen LogP contribution in [0.5, 0.6) is 0 Å². The van der Waals surface area contributed by atoms with E-state index in [1.807, 2.05) is 0 Å². The number of ether oxygens (including phenoxy) is 1. The SMILES string of the molecule is CCCCCCOCC(=O)c1ccc(F)c(F)c1. The summed E-state index contributed by atoms with van der Waals surface area (Å²) < 4.78 is 30.8. The molecule has 0 aliphatic heterocycles. The van der Waals surface area contributed by atoms with Crippen molar-refractivity contribution in [2.75, 3.05) is 13.2 Å². The molecule has 2 nitrogen and oxygen atoms in total. The topological polar surface area (TPSA) is 26.3 Å². The monoisotopic (exact) mass is 256 g/mol. The van der Waals surface area contributed by atoms with Gasteiger partial charge in [0.05, 0.1) is 0 Å². The van der Waals surface area contributed by atoms with Crippen molar-refractivity contribution in [2.45, 2.75) is 32.6 Å². The van der Waals surface area contributed by atoms with E-state index in [-0.39, 0.29) is 18.0 Å². The number of Topliss-reactive ketones (excluding diaryl/α,β-unsaturated/α-hetero) is 1. The molecule has 1 aromatic rings. The summed E-state index contributed by atoms with van der Waals surface area (Å²) in [5.74, 6) is -2.29. The molecule has 0 atom stereocenters. The van der Waals surface area contributed by atoms with Crippen LogP contribution in [0.15, 0.2) is 18.2 Å². The van der Waals surface area contributed by atoms with Gasteiger partial charge >= 0.3 is 0 Å². The van der Waals surface area contributed by atoms with Crippen LogP contribution in [0.3, 0.4) is 0 Å². The first-order chi connectivity index (χ1) is 8.65. The molecule has 18 heavy (non-hydrogen) atoms. The Kier molecular flexibility index (Phi) is 6.50. The summed E-state index contributed by atoms with van der Waals surface area (Å²) in [4.78, 5) is 11.6. The molecule has 4 heteroatoms. The molecule has 100 valence electrons. The zero-order valence-corrected chi connectivity index (χ0v) is 10.5. The largest absolute Gasteiger partial charge is 0.373 e. The standard InChI is InChI=1S/C14H18F2O2/c1-2-3-4-5-8-18-10-14(17)11-6-7-12(15)13(16)9-11/h6-7,9H,2-5,8,10H2,1H3. The number of carbonyl (C=O) groups is 1. The summed E-state index contributed by atoms with van der Waals surface area (Å²) in [6.07, 6.45) is 4.29. The zero-order valence-electron chi connectivity index (χ0n) is 10.5. The molecule has 0 heterocycles. The molecule has 1 rings (SSSR count). The van der Waals surface area contributed by atoms with E-state index in [1.165, 1.54) is 6.07 Å². The predicted molar refractivity (Wildman–Crippen MR) is 65.6 cm³/mol. The molecule has 0 aromatic heterocycles. The average molecular weight is 256 g/mol. The lowest BCUT2D eigenvalue weighted by molar-refractivity contribution is 0.0752. The summed E-state index contributed by atoms with van der Waals surface area (Å²) >= 11 is 0. The number of hydrogen-bond acceptors (Lipinski definition) is 2. The molecule has 0 aliphatic carbocycles. The second kappa shape index (κ2) is 7.93. The van der Waals surface area contributed by atoms with E-state index in [1.54, 1.807) is 0 Å². The van der Waals surface area contributed by atoms with Crippen molar-refractivity contribution in [3.05, 3.63) is 35.4 Å². The first-order valence-electron chi connectivity index (χ1n) is 6.21. The Labute approximate surface area is 106 Å². The number of rotatable bonds is 8. The highest BCUT2D eigenvalue weighted by Crippen LogP contribution is 2.09. The lowest BCUT2D eigenvalue weighted by atomic mass is 10.1. The molecule has 0 bridgehead atoms. The van der Waals surface area contributed by atoms with Gasteiger partial charge in [-0.2, -0.15) is 0 Å². The number of hydrogen-bond donors (Lipinski definition) is 0. The average Bonchev–Trinajstić information content (AvgIpc) is 2.36. The van der Waals surface area contributed by atoms with Crippen LogP contribution in [0, 0.1) is 11.6 Å². The second-order valence-electron chi connectivity index (χ2n) is 4.17. The third kappa shape index (κ3) is 4.92. The Morgan fingerprint density at radius 2 is 1.94 bits per heavy atom. The van der Waals surface area contributed by atoms with Crippen molar-refractivity contribution in [1.82, 2.24) is 0 Å². The molecule has 0 radical (unpaired) electrons. The number of benzene rings is 1. The van der Waals surface area contributed by atoms with Crippen LogP contribution in [-0.4, -0.2) is 19.0 Å². The van der Waals surface area contributed by atoms with Gasteiger partial charge in [0.15, 0.2) is 17.4 Å². The van der Waals surface area contributed by atoms with Gasteiger partial charge in [-0.3, -0.25) is 4.79 Å². The van der Waals surface area contributed by atoms with Gasteiger partial charge in [0, 0.05) is 12.2 Å². The van der Waals surface area contributed by atoms with Crippen molar-refractivity contribution in [2.24, 2.45) is 0 Å². The molecule has 0 fully saturated rings. The minimum Gasteiger partial charge on any atom is -0.373 e. The van der Waals surface area contributed by atoms with E-state index in [0.717, 1.165) is 37.8 Å². The molecule has 0 aliphatic rings. The minimum absolute atomic E-state index is 0.0861. The smallest absolute Gasteiger partial charge is 0.188 e. The fourth-order valence-electron chi connectivity index (χ4n) is 1.55. The Bertz CT molecular complexity index is 391. The zero-order chi connectivity index (χ0) is 13.4. The van der Waals surface area contributed by atoms with Gasteiger partial charge in [0.25, 0.3) is 0 Å². The fraction of sp³-hybridized carbons (Fsp3) is 0.500. The quantitative estimate of drug-likeness (QED) is 0.523. The fourth-order valence-corrected chi connectivity index (χ4v) is 1.55. The summed E-state index contributed by atoms with van der Waals surface area (Å²) in [5, 5.41) is 0. The molecule has 0 saturated carbocycles. The van der Waals surface area contributed by atoms with Crippen LogP contribution in [0.4, 0.5) is 8.78 Å². The predicted octanol–water partition coefficient (Wildman–Crippen LogP) is 3.74. The summed E-state index contributed by atoms with van der Waals surface area (Å²) in [6, 6.07) is 3.11. The van der Waals surface area contributed by atoms with Crippen LogP contribution in [0.1, 0.15) is 43.0 Å². The van der Waals surface area contributed by atoms with Gasteiger partial charge < -0.3 is 4.74 Å². The maximum absolute atomic E-state index is 12.9. The molecule has 0 unspecified atom stereocenters. The van der Waals surface area contributed by atoms with Crippen molar-refractivity contribution < 1.29 is 18.3 Å². The van der Waals surface area contributed by atoms with Gasteiger partial charge in [-0.05, 0) is 24.6 Å². The molecule has 0 saturated heterocycles. The number of ketones is 1. The van der Waals surface area contributed by atoms with Crippen molar-refractivity contribution in [3.63, 3.8) is 0 Å². The normalized spacial score (nSPS) is 10.6. The van der Waals surface area contributed by atoms with Crippen molar-refractivity contribution in [1.29, 1.82) is 0 Å². The molecular formula is C14H18F2O2. The molecule has 0 amide bonds. The van der Waals surface area contributed by atoms with E-state index in [2.05, 4.69) is 6.92 Å². The van der Waals surface area contributed by atoms with Crippen LogP contribution in [-0.2, 0) is 4.74 Å². The van der Waals surface area contributed by atoms with Gasteiger partial charge in [-0.25, -0.2) is 8.78 Å². The molecular weight excluding hydrogens is 238 g/mol. The van der Waals surface area contributed by atoms with Crippen LogP contribution < -0.4 is 0 Å². The molecule has 0 spiro atoms. The van der Waals surface area contributed by atoms with Gasteiger partial charge in [0.1, 0.15) is 6.61 Å². The van der Waals surface area contributed by atoms with Gasteiger partial charge in [-0.1, -0.05) is 26.2 Å². The number of halogens is 2. The maximum atomic E-state index is 12.9. The lowest BCUT2D eigenvalue weighted by Gasteiger charge is -2.04. The Hall–Kier alpha value is -1.29. The minimum atomic E-state index is -1.01. The molecule has 0 N–H and O–H groups in total. The Morgan fingerprint density at radius 1 is 1.17 bits per heavy atom. The van der Waals surface area contributed by atoms with E-state index < -0.39 is 11.6 Å². The van der Waals surface area contributed by atoms with Gasteiger partial charge in [0.2, 0.25) is 0 Å². The summed E-state index contributed by atoms with van der Waals surface area (Å²) in [7, 11) is 0. The van der Waals surface area contributed by atoms with Gasteiger partial charge in [-0.15, -0.1) is 0 Å². The van der Waals surface area contributed by atoms with Crippen LogP contribution in [0.25, 0.3) is 0 Å². The Morgan fingerprint density at radius 3 is 2.61 bits per heavy atom. The van der Waals surface area contributed by atoms with Crippen LogP contribution in [0.2, 0.25) is 0 Å². The lowest BCUT2D eigenvalue weighted by Crippen LogP contribution is -2.10. The second-order valence-corrected chi connectivity index (χ2v) is 4.17. The van der Waals surface area contributed by atoms with E-state index in [9.17, 15) is 13.6 Å². The third-order valence-corrected chi connectivity index (χ3v) is 2.62. The summed E-state index contributed by atoms with van der Waals surface area (Å²) in [6.45, 7) is 2.56. The highest BCUT2D eigenvalue weighted by atomic mass is 19.2.